The smallest absolute Gasteiger partial charge is 0.194 e. The normalized spacial score (nSPS) is 11.5. The van der Waals surface area contributed by atoms with Gasteiger partial charge in [0, 0.05) is 24.2 Å². The van der Waals surface area contributed by atoms with Crippen molar-refractivity contribution in [1.82, 2.24) is 14.7 Å². The number of thiophene rings is 1. The molecule has 0 unspecified atom stereocenters. The molecule has 0 radical (unpaired) electrons. The third kappa shape index (κ3) is 2.45. The molecule has 3 nitrogen and oxygen atoms in total. The molecule has 1 N–H and O–H groups in total. The highest BCUT2D eigenvalue weighted by molar-refractivity contribution is 7.17. The van der Waals surface area contributed by atoms with Gasteiger partial charge in [-0.05, 0) is 42.7 Å². The minimum absolute atomic E-state index is 0.860. The van der Waals surface area contributed by atoms with Crippen LogP contribution in [0.5, 0.6) is 0 Å². The molecule has 5 heteroatoms. The molecule has 19 heavy (non-hydrogen) atoms. The van der Waals surface area contributed by atoms with E-state index in [0.29, 0.717) is 0 Å². The Bertz CT molecular complexity index is 705. The van der Waals surface area contributed by atoms with Gasteiger partial charge in [0.2, 0.25) is 0 Å². The van der Waals surface area contributed by atoms with Crippen LogP contribution in [-0.4, -0.2) is 9.38 Å². The maximum Gasteiger partial charge on any atom is 0.194 e. The summed E-state index contributed by atoms with van der Waals surface area (Å²) in [6.45, 7) is 8.16. The highest BCUT2D eigenvalue weighted by atomic mass is 32.1. The van der Waals surface area contributed by atoms with E-state index in [1.165, 1.54) is 21.7 Å². The molecule has 0 saturated carbocycles. The van der Waals surface area contributed by atoms with Gasteiger partial charge < -0.3 is 5.32 Å². The van der Waals surface area contributed by atoms with Crippen molar-refractivity contribution in [3.63, 3.8) is 0 Å². The predicted molar refractivity (Wildman–Crippen MR) is 82.1 cm³/mol. The number of aryl methyl sites for hydroxylation is 3. The number of nitrogens with zero attached hydrogens (tertiary/aromatic N) is 2. The third-order valence-corrected chi connectivity index (χ3v) is 5.12. The van der Waals surface area contributed by atoms with E-state index in [0.717, 1.165) is 23.7 Å². The first-order valence-corrected chi connectivity index (χ1v) is 8.07. The minimum atomic E-state index is 0.860. The second-order valence-corrected chi connectivity index (χ2v) is 6.78. The van der Waals surface area contributed by atoms with Gasteiger partial charge in [-0.2, -0.15) is 11.3 Å². The Labute approximate surface area is 120 Å². The molecule has 0 spiro atoms. The van der Waals surface area contributed by atoms with Crippen LogP contribution in [0.3, 0.4) is 0 Å². The first-order chi connectivity index (χ1) is 9.15. The van der Waals surface area contributed by atoms with Crippen LogP contribution in [0.4, 0.5) is 0 Å². The molecule has 0 saturated heterocycles. The minimum Gasteiger partial charge on any atom is -0.307 e. The van der Waals surface area contributed by atoms with Gasteiger partial charge in [-0.25, -0.2) is 4.98 Å². The average molecular weight is 291 g/mol. The van der Waals surface area contributed by atoms with Crippen LogP contribution in [-0.2, 0) is 13.1 Å². The summed E-state index contributed by atoms with van der Waals surface area (Å²) in [4.78, 5) is 7.01. The van der Waals surface area contributed by atoms with Crippen molar-refractivity contribution in [2.45, 2.75) is 33.9 Å². The van der Waals surface area contributed by atoms with Crippen LogP contribution in [0.25, 0.3) is 4.96 Å². The van der Waals surface area contributed by atoms with E-state index in [2.05, 4.69) is 52.4 Å². The van der Waals surface area contributed by atoms with Crippen LogP contribution in [0.15, 0.2) is 17.0 Å². The van der Waals surface area contributed by atoms with Crippen molar-refractivity contribution < 1.29 is 0 Å². The van der Waals surface area contributed by atoms with Crippen molar-refractivity contribution in [1.29, 1.82) is 0 Å². The lowest BCUT2D eigenvalue weighted by Gasteiger charge is -2.05. The molecule has 3 heterocycles. The molecular formula is C14H17N3S2. The van der Waals surface area contributed by atoms with E-state index < -0.39 is 0 Å². The SMILES string of the molecule is Cc1cn2c(CNCc3cscc3C)c(C)nc2s1. The zero-order chi connectivity index (χ0) is 13.4. The Balaban J connectivity index is 1.74. The monoisotopic (exact) mass is 291 g/mol. The van der Waals surface area contributed by atoms with Gasteiger partial charge in [-0.15, -0.1) is 11.3 Å². The molecule has 3 rings (SSSR count). The molecule has 0 amide bonds. The van der Waals surface area contributed by atoms with Gasteiger partial charge in [-0.3, -0.25) is 4.40 Å². The summed E-state index contributed by atoms with van der Waals surface area (Å²) in [5.74, 6) is 0. The molecular weight excluding hydrogens is 274 g/mol. The van der Waals surface area contributed by atoms with E-state index in [4.69, 9.17) is 0 Å². The summed E-state index contributed by atoms with van der Waals surface area (Å²) in [5.41, 5.74) is 5.16. The Hall–Kier alpha value is -1.17. The molecule has 3 aromatic heterocycles. The molecule has 0 aliphatic heterocycles. The number of fused-ring (bicyclic) bond motifs is 1. The molecule has 0 bridgehead atoms. The van der Waals surface area contributed by atoms with E-state index >= 15 is 0 Å². The lowest BCUT2D eigenvalue weighted by molar-refractivity contribution is 0.672. The number of hydrogen-bond acceptors (Lipinski definition) is 4. The quantitative estimate of drug-likeness (QED) is 0.794. The summed E-state index contributed by atoms with van der Waals surface area (Å²) in [7, 11) is 0. The third-order valence-electron chi connectivity index (χ3n) is 3.31. The van der Waals surface area contributed by atoms with Gasteiger partial charge >= 0.3 is 0 Å². The molecule has 0 atom stereocenters. The maximum atomic E-state index is 4.61. The van der Waals surface area contributed by atoms with Crippen LogP contribution in [0.1, 0.15) is 27.4 Å². The van der Waals surface area contributed by atoms with Crippen molar-refractivity contribution in [2.24, 2.45) is 0 Å². The largest absolute Gasteiger partial charge is 0.307 e. The second kappa shape index (κ2) is 5.07. The lowest BCUT2D eigenvalue weighted by atomic mass is 10.2. The molecule has 0 aliphatic carbocycles. The van der Waals surface area contributed by atoms with Crippen LogP contribution in [0.2, 0.25) is 0 Å². The summed E-state index contributed by atoms with van der Waals surface area (Å²) in [6.07, 6.45) is 2.17. The van der Waals surface area contributed by atoms with Gasteiger partial charge in [0.25, 0.3) is 0 Å². The number of rotatable bonds is 4. The Kier molecular flexibility index (Phi) is 3.43. The van der Waals surface area contributed by atoms with Crippen molar-refractivity contribution in [2.75, 3.05) is 0 Å². The fourth-order valence-electron chi connectivity index (χ4n) is 2.21. The highest BCUT2D eigenvalue weighted by Gasteiger charge is 2.10. The second-order valence-electron chi connectivity index (χ2n) is 4.82. The van der Waals surface area contributed by atoms with Gasteiger partial charge in [0.1, 0.15) is 0 Å². The van der Waals surface area contributed by atoms with E-state index in [1.54, 1.807) is 22.7 Å². The maximum absolute atomic E-state index is 4.61. The van der Waals surface area contributed by atoms with Crippen molar-refractivity contribution in [3.8, 4) is 0 Å². The van der Waals surface area contributed by atoms with Crippen LogP contribution in [0, 0.1) is 20.8 Å². The Morgan fingerprint density at radius 2 is 2.05 bits per heavy atom. The summed E-state index contributed by atoms with van der Waals surface area (Å²) in [5, 5.41) is 7.94. The highest BCUT2D eigenvalue weighted by Crippen LogP contribution is 2.20. The van der Waals surface area contributed by atoms with Crippen molar-refractivity contribution >= 4 is 27.6 Å². The number of nitrogens with one attached hydrogen (secondary N) is 1. The van der Waals surface area contributed by atoms with Crippen LogP contribution >= 0.6 is 22.7 Å². The van der Waals surface area contributed by atoms with E-state index in [-0.39, 0.29) is 0 Å². The van der Waals surface area contributed by atoms with Gasteiger partial charge in [0.05, 0.1) is 11.4 Å². The standard InChI is InChI=1S/C14H17N3S2/c1-9-7-18-8-12(9)4-15-5-13-11(3)16-14-17(13)6-10(2)19-14/h6-8,15H,4-5H2,1-3H3. The fourth-order valence-corrected chi connectivity index (χ4v) is 3.95. The molecule has 100 valence electrons. The van der Waals surface area contributed by atoms with E-state index in [9.17, 15) is 0 Å². The number of thiazole rings is 1. The van der Waals surface area contributed by atoms with Gasteiger partial charge in [0.15, 0.2) is 4.96 Å². The fraction of sp³-hybridized carbons (Fsp3) is 0.357. The first kappa shape index (κ1) is 12.8. The molecule has 0 aromatic carbocycles. The summed E-state index contributed by atoms with van der Waals surface area (Å²) in [6, 6.07) is 0. The molecule has 0 aliphatic rings. The summed E-state index contributed by atoms with van der Waals surface area (Å²) < 4.78 is 2.21. The number of hydrogen-bond donors (Lipinski definition) is 1. The zero-order valence-electron chi connectivity index (χ0n) is 11.4. The number of imidazole rings is 1. The van der Waals surface area contributed by atoms with Crippen molar-refractivity contribution in [3.05, 3.63) is 44.3 Å². The number of aromatic nitrogens is 2. The lowest BCUT2D eigenvalue weighted by Crippen LogP contribution is -2.14. The molecule has 3 aromatic rings. The Morgan fingerprint density at radius 3 is 2.79 bits per heavy atom. The topological polar surface area (TPSA) is 29.3 Å². The van der Waals surface area contributed by atoms with Gasteiger partial charge in [-0.1, -0.05) is 0 Å². The average Bonchev–Trinajstić information content (AvgIpc) is 2.98. The Morgan fingerprint density at radius 1 is 1.21 bits per heavy atom. The van der Waals surface area contributed by atoms with Crippen LogP contribution < -0.4 is 5.32 Å². The predicted octanol–water partition coefficient (Wildman–Crippen LogP) is 3.67. The first-order valence-electron chi connectivity index (χ1n) is 6.31. The zero-order valence-corrected chi connectivity index (χ0v) is 13.0. The summed E-state index contributed by atoms with van der Waals surface area (Å²) >= 11 is 3.51. The van der Waals surface area contributed by atoms with E-state index in [1.807, 2.05) is 0 Å². The molecule has 0 fully saturated rings.